The first kappa shape index (κ1) is 15.4. The van der Waals surface area contributed by atoms with Crippen LogP contribution < -0.4 is 5.73 Å². The van der Waals surface area contributed by atoms with Gasteiger partial charge in [0, 0.05) is 13.1 Å². The lowest BCUT2D eigenvalue weighted by Crippen LogP contribution is -2.49. The summed E-state index contributed by atoms with van der Waals surface area (Å²) in [5.41, 5.74) is 7.19. The Bertz CT molecular complexity index is 629. The number of hydrogen-bond donors (Lipinski definition) is 1. The highest BCUT2D eigenvalue weighted by Crippen LogP contribution is 2.23. The fourth-order valence-corrected chi connectivity index (χ4v) is 4.02. The van der Waals surface area contributed by atoms with E-state index in [-0.39, 0.29) is 11.5 Å². The van der Waals surface area contributed by atoms with Crippen LogP contribution in [0.2, 0.25) is 0 Å². The van der Waals surface area contributed by atoms with Gasteiger partial charge in [0.15, 0.2) is 0 Å². The second-order valence-corrected chi connectivity index (χ2v) is 7.27. The Morgan fingerprint density at radius 1 is 1.45 bits per heavy atom. The largest absolute Gasteiger partial charge is 0.391 e. The van der Waals surface area contributed by atoms with Gasteiger partial charge in [0.25, 0.3) is 0 Å². The normalized spacial score (nSPS) is 20.8. The SMILES string of the molecule is Cc1ccc(C)c(S(=O)(=O)N2CCOC(C(N)=S)C2)c1. The van der Waals surface area contributed by atoms with Gasteiger partial charge in [-0.05, 0) is 31.0 Å². The Balaban J connectivity index is 2.35. The van der Waals surface area contributed by atoms with Crippen molar-refractivity contribution in [3.8, 4) is 0 Å². The molecule has 5 nitrogen and oxygen atoms in total. The summed E-state index contributed by atoms with van der Waals surface area (Å²) in [6.07, 6.45) is -0.515. The van der Waals surface area contributed by atoms with Gasteiger partial charge >= 0.3 is 0 Å². The van der Waals surface area contributed by atoms with Crippen molar-refractivity contribution in [2.75, 3.05) is 19.7 Å². The molecule has 0 radical (unpaired) electrons. The second kappa shape index (κ2) is 5.77. The van der Waals surface area contributed by atoms with Crippen molar-refractivity contribution in [2.45, 2.75) is 24.8 Å². The summed E-state index contributed by atoms with van der Waals surface area (Å²) in [6, 6.07) is 5.40. The molecular weight excluding hydrogens is 296 g/mol. The standard InChI is InChI=1S/C13H18N2O3S2/c1-9-3-4-10(2)12(7-9)20(16,17)15-5-6-18-11(8-15)13(14)19/h3-4,7,11H,5-6,8H2,1-2H3,(H2,14,19). The topological polar surface area (TPSA) is 72.6 Å². The van der Waals surface area contributed by atoms with E-state index in [9.17, 15) is 8.42 Å². The summed E-state index contributed by atoms with van der Waals surface area (Å²) >= 11 is 4.89. The Morgan fingerprint density at radius 2 is 2.15 bits per heavy atom. The molecule has 1 unspecified atom stereocenters. The van der Waals surface area contributed by atoms with Crippen LogP contribution in [0.25, 0.3) is 0 Å². The predicted molar refractivity (Wildman–Crippen MR) is 81.2 cm³/mol. The maximum absolute atomic E-state index is 12.7. The van der Waals surface area contributed by atoms with Crippen molar-refractivity contribution in [2.24, 2.45) is 5.73 Å². The van der Waals surface area contributed by atoms with Crippen LogP contribution in [0.4, 0.5) is 0 Å². The highest BCUT2D eigenvalue weighted by atomic mass is 32.2. The number of thiocarbonyl (C=S) groups is 1. The van der Waals surface area contributed by atoms with Crippen LogP contribution >= 0.6 is 12.2 Å². The van der Waals surface area contributed by atoms with E-state index in [1.807, 2.05) is 19.1 Å². The molecule has 7 heteroatoms. The quantitative estimate of drug-likeness (QED) is 0.842. The highest BCUT2D eigenvalue weighted by Gasteiger charge is 2.32. The molecule has 0 bridgehead atoms. The van der Waals surface area contributed by atoms with E-state index >= 15 is 0 Å². The molecule has 0 saturated carbocycles. The number of nitrogens with two attached hydrogens (primary N) is 1. The van der Waals surface area contributed by atoms with Crippen LogP contribution in [0.1, 0.15) is 11.1 Å². The first-order valence-corrected chi connectivity index (χ1v) is 8.15. The third-order valence-electron chi connectivity index (χ3n) is 3.31. The lowest BCUT2D eigenvalue weighted by Gasteiger charge is -2.31. The predicted octanol–water partition coefficient (Wildman–Crippen LogP) is 0.979. The molecule has 1 aliphatic rings. The summed E-state index contributed by atoms with van der Waals surface area (Å²) in [5, 5.41) is 0. The van der Waals surface area contributed by atoms with Crippen LogP contribution in [-0.4, -0.2) is 43.5 Å². The zero-order valence-corrected chi connectivity index (χ0v) is 13.1. The zero-order chi connectivity index (χ0) is 14.9. The minimum atomic E-state index is -3.54. The van der Waals surface area contributed by atoms with Gasteiger partial charge in [0.1, 0.15) is 11.1 Å². The van der Waals surface area contributed by atoms with Crippen LogP contribution in [0.3, 0.4) is 0 Å². The summed E-state index contributed by atoms with van der Waals surface area (Å²) in [5.74, 6) is 0. The molecule has 0 spiro atoms. The molecule has 0 aliphatic carbocycles. The van der Waals surface area contributed by atoms with E-state index < -0.39 is 16.1 Å². The van der Waals surface area contributed by atoms with E-state index in [0.29, 0.717) is 18.0 Å². The summed E-state index contributed by atoms with van der Waals surface area (Å²) in [7, 11) is -3.54. The maximum atomic E-state index is 12.7. The maximum Gasteiger partial charge on any atom is 0.243 e. The van der Waals surface area contributed by atoms with E-state index in [4.69, 9.17) is 22.7 Å². The Labute approximate surface area is 124 Å². The monoisotopic (exact) mass is 314 g/mol. The van der Waals surface area contributed by atoms with Crippen LogP contribution in [0, 0.1) is 13.8 Å². The molecule has 20 heavy (non-hydrogen) atoms. The minimum Gasteiger partial charge on any atom is -0.391 e. The number of aryl methyl sites for hydroxylation is 2. The van der Waals surface area contributed by atoms with Crippen molar-refractivity contribution < 1.29 is 13.2 Å². The fraction of sp³-hybridized carbons (Fsp3) is 0.462. The lowest BCUT2D eigenvalue weighted by atomic mass is 10.2. The molecule has 1 aromatic rings. The van der Waals surface area contributed by atoms with Gasteiger partial charge < -0.3 is 10.5 Å². The van der Waals surface area contributed by atoms with Gasteiger partial charge in [-0.2, -0.15) is 4.31 Å². The number of morpholine rings is 1. The van der Waals surface area contributed by atoms with Crippen LogP contribution in [-0.2, 0) is 14.8 Å². The van der Waals surface area contributed by atoms with Gasteiger partial charge in [0.2, 0.25) is 10.0 Å². The Kier molecular flexibility index (Phi) is 4.43. The molecule has 0 amide bonds. The molecule has 2 rings (SSSR count). The molecule has 1 fully saturated rings. The third kappa shape index (κ3) is 3.01. The molecule has 1 heterocycles. The van der Waals surface area contributed by atoms with Crippen LogP contribution in [0.15, 0.2) is 23.1 Å². The highest BCUT2D eigenvalue weighted by molar-refractivity contribution is 7.89. The van der Waals surface area contributed by atoms with Gasteiger partial charge in [0.05, 0.1) is 11.5 Å². The first-order valence-electron chi connectivity index (χ1n) is 6.30. The first-order chi connectivity index (χ1) is 9.32. The average molecular weight is 314 g/mol. The zero-order valence-electron chi connectivity index (χ0n) is 11.5. The van der Waals surface area contributed by atoms with Crippen LogP contribution in [0.5, 0.6) is 0 Å². The van der Waals surface area contributed by atoms with Crippen molar-refractivity contribution >= 4 is 27.2 Å². The number of benzene rings is 1. The van der Waals surface area contributed by atoms with E-state index in [2.05, 4.69) is 0 Å². The molecule has 1 aromatic carbocycles. The van der Waals surface area contributed by atoms with E-state index in [0.717, 1.165) is 11.1 Å². The number of nitrogens with zero attached hydrogens (tertiary/aromatic N) is 1. The number of hydrogen-bond acceptors (Lipinski definition) is 4. The molecule has 1 saturated heterocycles. The lowest BCUT2D eigenvalue weighted by molar-refractivity contribution is 0.0386. The van der Waals surface area contributed by atoms with Gasteiger partial charge in [-0.3, -0.25) is 0 Å². The van der Waals surface area contributed by atoms with Crippen molar-refractivity contribution in [1.29, 1.82) is 0 Å². The summed E-state index contributed by atoms with van der Waals surface area (Å²) in [6.45, 7) is 4.44. The molecule has 2 N–H and O–H groups in total. The molecule has 1 aliphatic heterocycles. The molecule has 0 aromatic heterocycles. The molecular formula is C13H18N2O3S2. The molecule has 110 valence electrons. The Morgan fingerprint density at radius 3 is 2.80 bits per heavy atom. The Hall–Kier alpha value is -1.02. The molecule has 1 atom stereocenters. The van der Waals surface area contributed by atoms with Gasteiger partial charge in [-0.25, -0.2) is 8.42 Å². The fourth-order valence-electron chi connectivity index (χ4n) is 2.14. The summed E-state index contributed by atoms with van der Waals surface area (Å²) < 4.78 is 32.2. The number of sulfonamides is 1. The number of ether oxygens (including phenoxy) is 1. The third-order valence-corrected chi connectivity index (χ3v) is 5.58. The van der Waals surface area contributed by atoms with Crippen molar-refractivity contribution in [3.63, 3.8) is 0 Å². The smallest absolute Gasteiger partial charge is 0.243 e. The van der Waals surface area contributed by atoms with Gasteiger partial charge in [-0.15, -0.1) is 0 Å². The van der Waals surface area contributed by atoms with E-state index in [1.165, 1.54) is 4.31 Å². The van der Waals surface area contributed by atoms with E-state index in [1.54, 1.807) is 13.0 Å². The minimum absolute atomic E-state index is 0.172. The van der Waals surface area contributed by atoms with Gasteiger partial charge in [-0.1, -0.05) is 24.4 Å². The van der Waals surface area contributed by atoms with Crippen molar-refractivity contribution in [3.05, 3.63) is 29.3 Å². The van der Waals surface area contributed by atoms with Crippen molar-refractivity contribution in [1.82, 2.24) is 4.31 Å². The number of rotatable bonds is 3. The second-order valence-electron chi connectivity index (χ2n) is 4.89. The average Bonchev–Trinajstić information content (AvgIpc) is 2.41. The summed E-state index contributed by atoms with van der Waals surface area (Å²) in [4.78, 5) is 0.520.